The molecule has 2 aromatic carbocycles. The number of anilines is 1. The normalized spacial score (nSPS) is 11.2. The van der Waals surface area contributed by atoms with Crippen LogP contribution in [-0.2, 0) is 9.59 Å². The Labute approximate surface area is 166 Å². The van der Waals surface area contributed by atoms with E-state index in [0.29, 0.717) is 17.4 Å². The van der Waals surface area contributed by atoms with E-state index in [1.807, 2.05) is 43.3 Å². The van der Waals surface area contributed by atoms with Crippen molar-refractivity contribution in [2.45, 2.75) is 40.0 Å². The van der Waals surface area contributed by atoms with E-state index in [2.05, 4.69) is 29.7 Å². The molecular weight excluding hydrogens is 354 g/mol. The molecule has 2 N–H and O–H groups in total. The molecule has 2 rings (SSSR count). The number of carbonyl (C=O) groups excluding carboxylic acids is 2. The maximum atomic E-state index is 12.3. The van der Waals surface area contributed by atoms with Gasteiger partial charge in [-0.15, -0.1) is 0 Å². The molecule has 0 heterocycles. The van der Waals surface area contributed by atoms with Crippen LogP contribution in [0.4, 0.5) is 5.69 Å². The lowest BCUT2D eigenvalue weighted by atomic mass is 10.0. The van der Waals surface area contributed by atoms with Crippen molar-refractivity contribution in [2.75, 3.05) is 11.9 Å². The number of aryl methyl sites for hydroxylation is 1. The van der Waals surface area contributed by atoms with Gasteiger partial charge in [-0.2, -0.15) is 5.10 Å². The summed E-state index contributed by atoms with van der Waals surface area (Å²) in [6.07, 6.45) is 0.0888. The zero-order chi connectivity index (χ0) is 20.5. The number of carbonyl (C=O) groups is 2. The maximum Gasteiger partial charge on any atom is 0.277 e. The second-order valence-electron chi connectivity index (χ2n) is 6.95. The molecule has 0 spiro atoms. The van der Waals surface area contributed by atoms with Gasteiger partial charge in [0.15, 0.2) is 6.61 Å². The van der Waals surface area contributed by atoms with Crippen molar-refractivity contribution in [1.29, 1.82) is 0 Å². The molecule has 2 amide bonds. The Morgan fingerprint density at radius 3 is 2.39 bits per heavy atom. The highest BCUT2D eigenvalue weighted by molar-refractivity contribution is 6.06. The maximum absolute atomic E-state index is 12.3. The van der Waals surface area contributed by atoms with E-state index < -0.39 is 0 Å². The summed E-state index contributed by atoms with van der Waals surface area (Å²) in [6.45, 7) is 7.67. The van der Waals surface area contributed by atoms with Gasteiger partial charge in [0.1, 0.15) is 5.75 Å². The zero-order valence-corrected chi connectivity index (χ0v) is 16.8. The van der Waals surface area contributed by atoms with Crippen LogP contribution in [0.15, 0.2) is 53.6 Å². The first-order chi connectivity index (χ1) is 13.3. The number of para-hydroxylation sites is 1. The average molecular weight is 381 g/mol. The van der Waals surface area contributed by atoms with Crippen LogP contribution in [0.2, 0.25) is 0 Å². The summed E-state index contributed by atoms with van der Waals surface area (Å²) in [4.78, 5) is 24.1. The molecule has 2 aromatic rings. The topological polar surface area (TPSA) is 79.8 Å². The highest BCUT2D eigenvalue weighted by Crippen LogP contribution is 2.23. The first-order valence-corrected chi connectivity index (χ1v) is 9.25. The summed E-state index contributed by atoms with van der Waals surface area (Å²) in [5.41, 5.74) is 5.90. The lowest BCUT2D eigenvalue weighted by molar-refractivity contribution is -0.123. The van der Waals surface area contributed by atoms with Gasteiger partial charge in [-0.05, 0) is 43.5 Å². The van der Waals surface area contributed by atoms with Crippen LogP contribution in [0.3, 0.4) is 0 Å². The summed E-state index contributed by atoms with van der Waals surface area (Å²) < 4.78 is 5.39. The third kappa shape index (κ3) is 6.87. The van der Waals surface area contributed by atoms with E-state index in [1.54, 1.807) is 19.1 Å². The summed E-state index contributed by atoms with van der Waals surface area (Å²) in [5.74, 6) is 0.355. The van der Waals surface area contributed by atoms with E-state index in [1.165, 1.54) is 0 Å². The fourth-order valence-corrected chi connectivity index (χ4v) is 2.55. The first-order valence-electron chi connectivity index (χ1n) is 9.25. The van der Waals surface area contributed by atoms with Crippen LogP contribution in [0.1, 0.15) is 44.2 Å². The van der Waals surface area contributed by atoms with Crippen LogP contribution >= 0.6 is 0 Å². The Morgan fingerprint density at radius 2 is 1.71 bits per heavy atom. The molecule has 0 atom stereocenters. The minimum Gasteiger partial charge on any atom is -0.484 e. The molecule has 0 bridgehead atoms. The van der Waals surface area contributed by atoms with Crippen molar-refractivity contribution in [1.82, 2.24) is 5.43 Å². The molecule has 0 saturated heterocycles. The third-order valence-corrected chi connectivity index (χ3v) is 4.04. The van der Waals surface area contributed by atoms with Gasteiger partial charge in [0.05, 0.1) is 6.42 Å². The molecule has 0 aliphatic rings. The van der Waals surface area contributed by atoms with E-state index in [9.17, 15) is 9.59 Å². The molecule has 6 nitrogen and oxygen atoms in total. The number of hydrogen-bond acceptors (Lipinski definition) is 4. The molecule has 148 valence electrons. The Bertz CT molecular complexity index is 842. The molecule has 6 heteroatoms. The quantitative estimate of drug-likeness (QED) is 0.535. The Hall–Kier alpha value is -3.15. The SMILES string of the molecule is CC(CC(=O)Nc1ccccc1C(C)C)=NNC(=O)COc1ccc(C)cc1. The number of benzene rings is 2. The second-order valence-corrected chi connectivity index (χ2v) is 6.95. The van der Waals surface area contributed by atoms with Gasteiger partial charge in [-0.1, -0.05) is 49.7 Å². The van der Waals surface area contributed by atoms with Crippen molar-refractivity contribution in [3.63, 3.8) is 0 Å². The molecule has 0 aromatic heterocycles. The standard InChI is InChI=1S/C22H27N3O3/c1-15(2)19-7-5-6-8-20(19)23-21(26)13-17(4)24-25-22(27)14-28-18-11-9-16(3)10-12-18/h5-12,15H,13-14H2,1-4H3,(H,23,26)(H,25,27). The van der Waals surface area contributed by atoms with Gasteiger partial charge >= 0.3 is 0 Å². The van der Waals surface area contributed by atoms with E-state index in [4.69, 9.17) is 4.74 Å². The Balaban J connectivity index is 1.80. The fraction of sp³-hybridized carbons (Fsp3) is 0.318. The lowest BCUT2D eigenvalue weighted by Gasteiger charge is -2.13. The van der Waals surface area contributed by atoms with Crippen molar-refractivity contribution in [3.05, 3.63) is 59.7 Å². The summed E-state index contributed by atoms with van der Waals surface area (Å²) >= 11 is 0. The van der Waals surface area contributed by atoms with Gasteiger partial charge in [0, 0.05) is 11.4 Å². The fourth-order valence-electron chi connectivity index (χ4n) is 2.55. The Morgan fingerprint density at radius 1 is 1.04 bits per heavy atom. The first kappa shape index (κ1) is 21.2. The average Bonchev–Trinajstić information content (AvgIpc) is 2.66. The third-order valence-electron chi connectivity index (χ3n) is 4.04. The predicted octanol–water partition coefficient (Wildman–Crippen LogP) is 4.02. The minimum absolute atomic E-state index is 0.0888. The number of ether oxygens (including phenoxy) is 1. The summed E-state index contributed by atoms with van der Waals surface area (Å²) in [6, 6.07) is 15.1. The van der Waals surface area contributed by atoms with Crippen molar-refractivity contribution in [3.8, 4) is 5.75 Å². The van der Waals surface area contributed by atoms with Crippen LogP contribution in [0.25, 0.3) is 0 Å². The van der Waals surface area contributed by atoms with Crippen molar-refractivity contribution < 1.29 is 14.3 Å². The smallest absolute Gasteiger partial charge is 0.277 e. The van der Waals surface area contributed by atoms with Gasteiger partial charge < -0.3 is 10.1 Å². The highest BCUT2D eigenvalue weighted by atomic mass is 16.5. The number of hydrazone groups is 1. The van der Waals surface area contributed by atoms with E-state index in [-0.39, 0.29) is 24.8 Å². The number of amides is 2. The molecule has 0 unspecified atom stereocenters. The van der Waals surface area contributed by atoms with E-state index in [0.717, 1.165) is 16.8 Å². The van der Waals surface area contributed by atoms with Gasteiger partial charge in [-0.3, -0.25) is 9.59 Å². The number of nitrogens with one attached hydrogen (secondary N) is 2. The molecule has 0 saturated carbocycles. The lowest BCUT2D eigenvalue weighted by Crippen LogP contribution is -2.26. The van der Waals surface area contributed by atoms with Crippen molar-refractivity contribution >= 4 is 23.2 Å². The zero-order valence-electron chi connectivity index (χ0n) is 16.8. The van der Waals surface area contributed by atoms with Crippen molar-refractivity contribution in [2.24, 2.45) is 5.10 Å². The number of hydrogen-bond donors (Lipinski definition) is 2. The van der Waals surface area contributed by atoms with Gasteiger partial charge in [0.2, 0.25) is 5.91 Å². The molecular formula is C22H27N3O3. The second kappa shape index (κ2) is 10.3. The van der Waals surface area contributed by atoms with Crippen LogP contribution in [0, 0.1) is 6.92 Å². The minimum atomic E-state index is -0.384. The highest BCUT2D eigenvalue weighted by Gasteiger charge is 2.10. The molecule has 28 heavy (non-hydrogen) atoms. The Kier molecular flexibility index (Phi) is 7.75. The molecule has 0 fully saturated rings. The van der Waals surface area contributed by atoms with Gasteiger partial charge in [0.25, 0.3) is 5.91 Å². The van der Waals surface area contributed by atoms with E-state index >= 15 is 0 Å². The summed E-state index contributed by atoms with van der Waals surface area (Å²) in [7, 11) is 0. The van der Waals surface area contributed by atoms with Gasteiger partial charge in [-0.25, -0.2) is 5.43 Å². The largest absolute Gasteiger partial charge is 0.484 e. The van der Waals surface area contributed by atoms with Crippen LogP contribution in [-0.4, -0.2) is 24.1 Å². The summed E-state index contributed by atoms with van der Waals surface area (Å²) in [5, 5.41) is 6.87. The molecule has 0 aliphatic heterocycles. The number of rotatable bonds is 8. The molecule has 0 radical (unpaired) electrons. The van der Waals surface area contributed by atoms with Crippen LogP contribution in [0.5, 0.6) is 5.75 Å². The number of nitrogens with zero attached hydrogens (tertiary/aromatic N) is 1. The van der Waals surface area contributed by atoms with Crippen LogP contribution < -0.4 is 15.5 Å². The predicted molar refractivity (Wildman–Crippen MR) is 112 cm³/mol. The monoisotopic (exact) mass is 381 g/mol. The molecule has 0 aliphatic carbocycles.